The molecule has 0 atom stereocenters. The summed E-state index contributed by atoms with van der Waals surface area (Å²) in [7, 11) is 1.59. The fourth-order valence-corrected chi connectivity index (χ4v) is 1.30. The summed E-state index contributed by atoms with van der Waals surface area (Å²) in [4.78, 5) is 15.2. The molecular formula is C12H16N4O2. The highest BCUT2D eigenvalue weighted by molar-refractivity contribution is 5.76. The highest BCUT2D eigenvalue weighted by Gasteiger charge is 2.00. The van der Waals surface area contributed by atoms with Crippen molar-refractivity contribution in [3.05, 3.63) is 24.0 Å². The number of amides is 1. The Labute approximate surface area is 106 Å². The Bertz CT molecular complexity index is 428. The molecule has 0 saturated carbocycles. The Hall–Kier alpha value is -2.13. The first-order valence-corrected chi connectivity index (χ1v) is 5.62. The first-order valence-electron chi connectivity index (χ1n) is 5.62. The predicted molar refractivity (Wildman–Crippen MR) is 66.9 cm³/mol. The number of anilines is 1. The van der Waals surface area contributed by atoms with E-state index in [9.17, 15) is 4.79 Å². The highest BCUT2D eigenvalue weighted by atomic mass is 16.5. The molecule has 0 saturated heterocycles. The van der Waals surface area contributed by atoms with Crippen LogP contribution in [-0.4, -0.2) is 37.7 Å². The average molecular weight is 248 g/mol. The van der Waals surface area contributed by atoms with Crippen LogP contribution in [0.15, 0.2) is 18.3 Å². The number of carbonyl (C=O) groups is 1. The lowest BCUT2D eigenvalue weighted by Crippen LogP contribution is -2.28. The Morgan fingerprint density at radius 3 is 3.11 bits per heavy atom. The molecule has 1 heterocycles. The van der Waals surface area contributed by atoms with Gasteiger partial charge in [-0.15, -0.1) is 0 Å². The third-order valence-electron chi connectivity index (χ3n) is 2.18. The van der Waals surface area contributed by atoms with Crippen molar-refractivity contribution in [2.24, 2.45) is 0 Å². The van der Waals surface area contributed by atoms with E-state index in [-0.39, 0.29) is 5.91 Å². The molecular weight excluding hydrogens is 232 g/mol. The molecule has 0 radical (unpaired) electrons. The standard InChI is InChI=1S/C12H16N4O2/c1-18-7-6-16-12(17)3-5-14-10-2-4-15-11(8-10)9-13/h2,4,8H,3,5-7H2,1H3,(H,14,15)(H,16,17). The number of methoxy groups -OCH3 is 1. The van der Waals surface area contributed by atoms with E-state index in [0.29, 0.717) is 31.8 Å². The van der Waals surface area contributed by atoms with E-state index in [4.69, 9.17) is 10.00 Å². The topological polar surface area (TPSA) is 87.0 Å². The molecule has 0 aromatic carbocycles. The molecule has 0 unspecified atom stereocenters. The van der Waals surface area contributed by atoms with Crippen LogP contribution in [0.5, 0.6) is 0 Å². The molecule has 0 aliphatic heterocycles. The van der Waals surface area contributed by atoms with Gasteiger partial charge in [0.05, 0.1) is 6.61 Å². The van der Waals surface area contributed by atoms with Gasteiger partial charge in [-0.3, -0.25) is 4.79 Å². The van der Waals surface area contributed by atoms with Gasteiger partial charge in [0.25, 0.3) is 0 Å². The average Bonchev–Trinajstić information content (AvgIpc) is 2.39. The maximum absolute atomic E-state index is 11.4. The van der Waals surface area contributed by atoms with Gasteiger partial charge in [0.2, 0.25) is 5.91 Å². The minimum Gasteiger partial charge on any atom is -0.384 e. The lowest BCUT2D eigenvalue weighted by atomic mass is 10.3. The van der Waals surface area contributed by atoms with Crippen molar-refractivity contribution < 1.29 is 9.53 Å². The fraction of sp³-hybridized carbons (Fsp3) is 0.417. The molecule has 2 N–H and O–H groups in total. The van der Waals surface area contributed by atoms with Crippen LogP contribution in [0.25, 0.3) is 0 Å². The molecule has 1 rings (SSSR count). The molecule has 6 heteroatoms. The van der Waals surface area contributed by atoms with Crippen LogP contribution in [0, 0.1) is 11.3 Å². The van der Waals surface area contributed by atoms with Crippen LogP contribution in [0.1, 0.15) is 12.1 Å². The third-order valence-corrected chi connectivity index (χ3v) is 2.18. The van der Waals surface area contributed by atoms with Gasteiger partial charge < -0.3 is 15.4 Å². The summed E-state index contributed by atoms with van der Waals surface area (Å²) in [5, 5.41) is 14.5. The van der Waals surface area contributed by atoms with Gasteiger partial charge in [0.1, 0.15) is 11.8 Å². The zero-order valence-electron chi connectivity index (χ0n) is 10.3. The van der Waals surface area contributed by atoms with E-state index in [0.717, 1.165) is 5.69 Å². The van der Waals surface area contributed by atoms with E-state index >= 15 is 0 Å². The number of pyridine rings is 1. The first-order chi connectivity index (χ1) is 8.76. The molecule has 0 spiro atoms. The molecule has 0 aliphatic carbocycles. The zero-order valence-corrected chi connectivity index (χ0v) is 10.3. The number of nitrogens with zero attached hydrogens (tertiary/aromatic N) is 2. The summed E-state index contributed by atoms with van der Waals surface area (Å²) in [5.74, 6) is -0.0332. The molecule has 1 amide bonds. The van der Waals surface area contributed by atoms with Crippen molar-refractivity contribution in [2.45, 2.75) is 6.42 Å². The summed E-state index contributed by atoms with van der Waals surface area (Å²) in [6, 6.07) is 5.35. The number of hydrogen-bond acceptors (Lipinski definition) is 5. The Morgan fingerprint density at radius 1 is 1.56 bits per heavy atom. The van der Waals surface area contributed by atoms with Gasteiger partial charge in [-0.2, -0.15) is 5.26 Å². The van der Waals surface area contributed by atoms with Crippen LogP contribution in [0.3, 0.4) is 0 Å². The summed E-state index contributed by atoms with van der Waals surface area (Å²) in [6.07, 6.45) is 1.92. The maximum Gasteiger partial charge on any atom is 0.221 e. The van der Waals surface area contributed by atoms with Crippen LogP contribution >= 0.6 is 0 Å². The van der Waals surface area contributed by atoms with E-state index in [2.05, 4.69) is 15.6 Å². The van der Waals surface area contributed by atoms with Gasteiger partial charge in [-0.1, -0.05) is 0 Å². The van der Waals surface area contributed by atoms with Crippen LogP contribution in [-0.2, 0) is 9.53 Å². The third kappa shape index (κ3) is 5.27. The van der Waals surface area contributed by atoms with E-state index < -0.39 is 0 Å². The largest absolute Gasteiger partial charge is 0.384 e. The second kappa shape index (κ2) is 8.03. The molecule has 6 nitrogen and oxygen atoms in total. The van der Waals surface area contributed by atoms with Crippen LogP contribution in [0.4, 0.5) is 5.69 Å². The second-order valence-electron chi connectivity index (χ2n) is 3.56. The number of nitriles is 1. The van der Waals surface area contributed by atoms with Crippen molar-refractivity contribution in [1.82, 2.24) is 10.3 Å². The van der Waals surface area contributed by atoms with E-state index in [1.165, 1.54) is 0 Å². The van der Waals surface area contributed by atoms with Gasteiger partial charge >= 0.3 is 0 Å². The minimum absolute atomic E-state index is 0.0332. The summed E-state index contributed by atoms with van der Waals surface area (Å²) in [5.41, 5.74) is 1.13. The highest BCUT2D eigenvalue weighted by Crippen LogP contribution is 2.06. The molecule has 18 heavy (non-hydrogen) atoms. The Morgan fingerprint density at radius 2 is 2.39 bits per heavy atom. The van der Waals surface area contributed by atoms with Crippen molar-refractivity contribution in [2.75, 3.05) is 32.1 Å². The first kappa shape index (κ1) is 13.9. The quantitative estimate of drug-likeness (QED) is 0.687. The summed E-state index contributed by atoms with van der Waals surface area (Å²) in [6.45, 7) is 1.53. The molecule has 0 fully saturated rings. The molecule has 0 aliphatic rings. The summed E-state index contributed by atoms with van der Waals surface area (Å²) < 4.78 is 4.82. The fourth-order valence-electron chi connectivity index (χ4n) is 1.30. The Balaban J connectivity index is 2.24. The van der Waals surface area contributed by atoms with Gasteiger partial charge in [-0.05, 0) is 12.1 Å². The number of carbonyl (C=O) groups excluding carboxylic acids is 1. The second-order valence-corrected chi connectivity index (χ2v) is 3.56. The number of nitrogens with one attached hydrogen (secondary N) is 2. The summed E-state index contributed by atoms with van der Waals surface area (Å²) >= 11 is 0. The lowest BCUT2D eigenvalue weighted by Gasteiger charge is -2.07. The van der Waals surface area contributed by atoms with E-state index in [1.807, 2.05) is 6.07 Å². The normalized spacial score (nSPS) is 9.56. The SMILES string of the molecule is COCCNC(=O)CCNc1ccnc(C#N)c1. The van der Waals surface area contributed by atoms with Crippen LogP contribution < -0.4 is 10.6 Å². The molecule has 1 aromatic rings. The molecule has 1 aromatic heterocycles. The van der Waals surface area contributed by atoms with Crippen molar-refractivity contribution >= 4 is 11.6 Å². The minimum atomic E-state index is -0.0332. The van der Waals surface area contributed by atoms with Crippen molar-refractivity contribution in [3.8, 4) is 6.07 Å². The number of hydrogen-bond donors (Lipinski definition) is 2. The lowest BCUT2D eigenvalue weighted by molar-refractivity contribution is -0.121. The van der Waals surface area contributed by atoms with Gasteiger partial charge in [0.15, 0.2) is 0 Å². The zero-order chi connectivity index (χ0) is 13.2. The number of rotatable bonds is 7. The van der Waals surface area contributed by atoms with Crippen LogP contribution in [0.2, 0.25) is 0 Å². The van der Waals surface area contributed by atoms with Crippen molar-refractivity contribution in [3.63, 3.8) is 0 Å². The van der Waals surface area contributed by atoms with Gasteiger partial charge in [0, 0.05) is 38.5 Å². The van der Waals surface area contributed by atoms with E-state index in [1.54, 1.807) is 25.4 Å². The molecule has 0 bridgehead atoms. The predicted octanol–water partition coefficient (Wildman–Crippen LogP) is 0.518. The van der Waals surface area contributed by atoms with Gasteiger partial charge in [-0.25, -0.2) is 4.98 Å². The number of aromatic nitrogens is 1. The molecule has 96 valence electrons. The smallest absolute Gasteiger partial charge is 0.221 e. The Kier molecular flexibility index (Phi) is 6.22. The van der Waals surface area contributed by atoms with Crippen molar-refractivity contribution in [1.29, 1.82) is 5.26 Å². The monoisotopic (exact) mass is 248 g/mol. The maximum atomic E-state index is 11.4. The number of ether oxygens (including phenoxy) is 1.